The minimum Gasteiger partial charge on any atom is -0.386 e. The third-order valence-corrected chi connectivity index (χ3v) is 4.12. The number of carbonyl (C=O) groups excluding carboxylic acids is 1. The van der Waals surface area contributed by atoms with E-state index in [0.717, 1.165) is 25.0 Å². The highest BCUT2D eigenvalue weighted by molar-refractivity contribution is 5.74. The fraction of sp³-hybridized carbons (Fsp3) is 0.562. The molecule has 0 bridgehead atoms. The molecule has 1 aliphatic heterocycles. The van der Waals surface area contributed by atoms with Gasteiger partial charge in [0, 0.05) is 25.8 Å². The monoisotopic (exact) mass is 328 g/mol. The van der Waals surface area contributed by atoms with Gasteiger partial charge in [-0.15, -0.1) is 0 Å². The lowest BCUT2D eigenvalue weighted by molar-refractivity contribution is 0.0570. The predicted molar refractivity (Wildman–Crippen MR) is 80.9 cm³/mol. The molecule has 1 aliphatic rings. The molecule has 2 atom stereocenters. The van der Waals surface area contributed by atoms with Crippen molar-refractivity contribution in [1.82, 2.24) is 10.6 Å². The van der Waals surface area contributed by atoms with Crippen LogP contribution >= 0.6 is 0 Å². The molecule has 1 saturated heterocycles. The van der Waals surface area contributed by atoms with E-state index in [0.29, 0.717) is 19.1 Å². The molecule has 1 aromatic rings. The first-order chi connectivity index (χ1) is 11.0. The maximum absolute atomic E-state index is 13.5. The number of halogens is 2. The van der Waals surface area contributed by atoms with Crippen LogP contribution in [0.15, 0.2) is 18.2 Å². The third kappa shape index (κ3) is 4.87. The van der Waals surface area contributed by atoms with Gasteiger partial charge in [0.15, 0.2) is 0 Å². The third-order valence-electron chi connectivity index (χ3n) is 4.12. The van der Waals surface area contributed by atoms with E-state index >= 15 is 0 Å². The van der Waals surface area contributed by atoms with Gasteiger partial charge >= 0.3 is 6.03 Å². The zero-order chi connectivity index (χ0) is 16.8. The van der Waals surface area contributed by atoms with E-state index in [9.17, 15) is 18.7 Å². The van der Waals surface area contributed by atoms with Crippen molar-refractivity contribution in [3.05, 3.63) is 35.4 Å². The van der Waals surface area contributed by atoms with E-state index in [-0.39, 0.29) is 12.6 Å². The summed E-state index contributed by atoms with van der Waals surface area (Å²) in [5.74, 6) is -1.34. The van der Waals surface area contributed by atoms with Gasteiger partial charge in [0.25, 0.3) is 0 Å². The first kappa shape index (κ1) is 17.6. The first-order valence-electron chi connectivity index (χ1n) is 7.73. The molecule has 1 fully saturated rings. The highest BCUT2D eigenvalue weighted by Gasteiger charge is 2.23. The molecule has 3 N–H and O–H groups in total. The summed E-state index contributed by atoms with van der Waals surface area (Å²) >= 11 is 0. The second-order valence-corrected chi connectivity index (χ2v) is 5.74. The number of aliphatic hydroxyl groups excluding tert-OH is 1. The van der Waals surface area contributed by atoms with Crippen LogP contribution in [-0.2, 0) is 4.74 Å². The molecular formula is C16H22F2N2O3. The summed E-state index contributed by atoms with van der Waals surface area (Å²) in [4.78, 5) is 11.8. The molecule has 2 amide bonds. The molecule has 23 heavy (non-hydrogen) atoms. The number of aliphatic hydroxyl groups is 1. The van der Waals surface area contributed by atoms with Gasteiger partial charge in [0.05, 0.1) is 5.56 Å². The van der Waals surface area contributed by atoms with E-state index in [1.807, 2.05) is 6.92 Å². The number of carbonyl (C=O) groups is 1. The molecule has 7 heteroatoms. The zero-order valence-corrected chi connectivity index (χ0v) is 13.0. The van der Waals surface area contributed by atoms with Crippen LogP contribution in [0.5, 0.6) is 0 Å². The van der Waals surface area contributed by atoms with Crippen molar-refractivity contribution in [2.45, 2.75) is 31.9 Å². The van der Waals surface area contributed by atoms with E-state index in [2.05, 4.69) is 10.6 Å². The van der Waals surface area contributed by atoms with Crippen LogP contribution in [0.3, 0.4) is 0 Å². The van der Waals surface area contributed by atoms with E-state index in [4.69, 9.17) is 4.74 Å². The number of nitrogens with one attached hydrogen (secondary N) is 2. The Morgan fingerprint density at radius 3 is 2.57 bits per heavy atom. The molecule has 0 spiro atoms. The molecule has 128 valence electrons. The van der Waals surface area contributed by atoms with Gasteiger partial charge in [-0.25, -0.2) is 13.6 Å². The number of hydrogen-bond donors (Lipinski definition) is 3. The van der Waals surface area contributed by atoms with Gasteiger partial charge in [0.1, 0.15) is 17.7 Å². The summed E-state index contributed by atoms with van der Waals surface area (Å²) in [6, 6.07) is 2.83. The quantitative estimate of drug-likeness (QED) is 0.775. The Hall–Kier alpha value is -1.73. The van der Waals surface area contributed by atoms with E-state index in [1.165, 1.54) is 6.07 Å². The lowest BCUT2D eigenvalue weighted by Gasteiger charge is -2.28. The van der Waals surface area contributed by atoms with Gasteiger partial charge in [-0.1, -0.05) is 6.07 Å². The smallest absolute Gasteiger partial charge is 0.315 e. The molecule has 1 heterocycles. The normalized spacial score (nSPS) is 18.3. The zero-order valence-electron chi connectivity index (χ0n) is 13.0. The number of hydrogen-bond acceptors (Lipinski definition) is 3. The molecule has 2 unspecified atom stereocenters. The molecular weight excluding hydrogens is 306 g/mol. The van der Waals surface area contributed by atoms with Gasteiger partial charge in [-0.2, -0.15) is 0 Å². The maximum Gasteiger partial charge on any atom is 0.315 e. The van der Waals surface area contributed by atoms with Crippen molar-refractivity contribution in [3.63, 3.8) is 0 Å². The maximum atomic E-state index is 13.5. The number of benzene rings is 1. The second-order valence-electron chi connectivity index (χ2n) is 5.74. The minimum absolute atomic E-state index is 0.0405. The topological polar surface area (TPSA) is 70.6 Å². The van der Waals surface area contributed by atoms with Gasteiger partial charge in [-0.05, 0) is 37.8 Å². The number of ether oxygens (including phenoxy) is 1. The van der Waals surface area contributed by atoms with Crippen molar-refractivity contribution in [2.75, 3.05) is 19.8 Å². The van der Waals surface area contributed by atoms with Crippen molar-refractivity contribution in [1.29, 1.82) is 0 Å². The van der Waals surface area contributed by atoms with Crippen LogP contribution in [0.2, 0.25) is 0 Å². The lowest BCUT2D eigenvalue weighted by Crippen LogP contribution is -2.46. The fourth-order valence-corrected chi connectivity index (χ4v) is 2.71. The highest BCUT2D eigenvalue weighted by atomic mass is 19.1. The molecule has 0 radical (unpaired) electrons. The number of amides is 2. The second kappa shape index (κ2) is 8.21. The van der Waals surface area contributed by atoms with E-state index < -0.39 is 29.3 Å². The van der Waals surface area contributed by atoms with Crippen LogP contribution < -0.4 is 10.6 Å². The van der Waals surface area contributed by atoms with Crippen LogP contribution in [0.25, 0.3) is 0 Å². The van der Waals surface area contributed by atoms with E-state index in [1.54, 1.807) is 0 Å². The average molecular weight is 328 g/mol. The largest absolute Gasteiger partial charge is 0.386 e. The Morgan fingerprint density at radius 2 is 1.96 bits per heavy atom. The first-order valence-corrected chi connectivity index (χ1v) is 7.73. The Labute approximate surface area is 134 Å². The SMILES string of the molecule is CC(NC(=O)NCC(O)c1c(F)cccc1F)C1CCOCC1. The van der Waals surface area contributed by atoms with Gasteiger partial charge < -0.3 is 20.5 Å². The molecule has 1 aromatic carbocycles. The van der Waals surface area contributed by atoms with Gasteiger partial charge in [-0.3, -0.25) is 0 Å². The number of rotatable bonds is 5. The Kier molecular flexibility index (Phi) is 6.29. The summed E-state index contributed by atoms with van der Waals surface area (Å²) in [6.07, 6.45) is 0.315. The summed E-state index contributed by atoms with van der Waals surface area (Å²) in [6.45, 7) is 3.00. The minimum atomic E-state index is -1.44. The van der Waals surface area contributed by atoms with Crippen LogP contribution in [0.4, 0.5) is 13.6 Å². The lowest BCUT2D eigenvalue weighted by atomic mass is 9.93. The van der Waals surface area contributed by atoms with Crippen LogP contribution in [0.1, 0.15) is 31.4 Å². The molecule has 5 nitrogen and oxygen atoms in total. The van der Waals surface area contributed by atoms with Crippen molar-refractivity contribution >= 4 is 6.03 Å². The Balaban J connectivity index is 1.81. The fourth-order valence-electron chi connectivity index (χ4n) is 2.71. The number of urea groups is 1. The predicted octanol–water partition coefficient (Wildman–Crippen LogP) is 2.11. The van der Waals surface area contributed by atoms with Crippen LogP contribution in [-0.4, -0.2) is 36.9 Å². The molecule has 2 rings (SSSR count). The molecule has 0 aliphatic carbocycles. The van der Waals surface area contributed by atoms with Crippen molar-refractivity contribution in [2.24, 2.45) is 5.92 Å². The molecule has 0 saturated carbocycles. The summed E-state index contributed by atoms with van der Waals surface area (Å²) in [7, 11) is 0. The van der Waals surface area contributed by atoms with Crippen molar-refractivity contribution in [3.8, 4) is 0 Å². The van der Waals surface area contributed by atoms with Gasteiger partial charge in [0.2, 0.25) is 0 Å². The van der Waals surface area contributed by atoms with Crippen molar-refractivity contribution < 1.29 is 23.4 Å². The standard InChI is InChI=1S/C16H22F2N2O3/c1-10(11-5-7-23-8-6-11)20-16(22)19-9-14(21)15-12(17)3-2-4-13(15)18/h2-4,10-11,14,21H,5-9H2,1H3,(H2,19,20,22). The molecule has 0 aromatic heterocycles. The Bertz CT molecular complexity index is 516. The highest BCUT2D eigenvalue weighted by Crippen LogP contribution is 2.20. The average Bonchev–Trinajstić information content (AvgIpc) is 2.53. The summed E-state index contributed by atoms with van der Waals surface area (Å²) in [5, 5.41) is 15.1. The van der Waals surface area contributed by atoms with Crippen LogP contribution in [0, 0.1) is 17.6 Å². The summed E-state index contributed by atoms with van der Waals surface area (Å²) in [5.41, 5.74) is -0.440. The summed E-state index contributed by atoms with van der Waals surface area (Å²) < 4.78 is 32.3. The Morgan fingerprint density at radius 1 is 1.35 bits per heavy atom.